The molecule has 0 aliphatic carbocycles. The Morgan fingerprint density at radius 2 is 1.63 bits per heavy atom. The van der Waals surface area contributed by atoms with Gasteiger partial charge >= 0.3 is 12.2 Å². The van der Waals surface area contributed by atoms with Crippen molar-refractivity contribution in [2.75, 3.05) is 5.75 Å². The Balaban J connectivity index is 2.58. The minimum absolute atomic E-state index is 0.201. The third-order valence-corrected chi connectivity index (χ3v) is 7.14. The minimum atomic E-state index is -0.840. The number of Topliss-reactive ketones (excluding diaryl/α,β-unsaturated/α-hetero) is 1. The molecule has 4 atom stereocenters. The number of thioether (sulfide) groups is 1. The van der Waals surface area contributed by atoms with Crippen molar-refractivity contribution in [2.24, 2.45) is 5.92 Å². The first-order chi connectivity index (χ1) is 17.6. The van der Waals surface area contributed by atoms with Crippen LogP contribution in [-0.4, -0.2) is 68.8 Å². The highest BCUT2D eigenvalue weighted by Crippen LogP contribution is 2.38. The third-order valence-electron chi connectivity index (χ3n) is 6.02. The van der Waals surface area contributed by atoms with Gasteiger partial charge < -0.3 is 9.47 Å². The lowest BCUT2D eigenvalue weighted by molar-refractivity contribution is -0.131. The topological polar surface area (TPSA) is 93.2 Å². The van der Waals surface area contributed by atoms with Crippen LogP contribution in [0.15, 0.2) is 43.0 Å². The van der Waals surface area contributed by atoms with Gasteiger partial charge in [-0.1, -0.05) is 36.4 Å². The number of amides is 3. The molecule has 1 heterocycles. The molecule has 0 bridgehead atoms. The van der Waals surface area contributed by atoms with Crippen LogP contribution in [0.2, 0.25) is 0 Å². The molecule has 0 aromatic heterocycles. The summed E-state index contributed by atoms with van der Waals surface area (Å²) in [5.74, 6) is -0.128. The average molecular weight is 547 g/mol. The van der Waals surface area contributed by atoms with Crippen LogP contribution >= 0.6 is 11.8 Å². The number of rotatable bonds is 8. The predicted molar refractivity (Wildman–Crippen MR) is 150 cm³/mol. The molecule has 0 N–H and O–H groups in total. The maximum atomic E-state index is 13.5. The van der Waals surface area contributed by atoms with Crippen molar-refractivity contribution >= 4 is 35.6 Å². The second-order valence-corrected chi connectivity index (χ2v) is 12.6. The zero-order valence-electron chi connectivity index (χ0n) is 23.9. The van der Waals surface area contributed by atoms with Gasteiger partial charge in [-0.05, 0) is 60.5 Å². The molecule has 8 nitrogen and oxygen atoms in total. The van der Waals surface area contributed by atoms with Gasteiger partial charge in [0.15, 0.2) is 5.78 Å². The van der Waals surface area contributed by atoms with Gasteiger partial charge in [0, 0.05) is 24.3 Å². The van der Waals surface area contributed by atoms with Gasteiger partial charge in [0.2, 0.25) is 5.91 Å². The normalized spacial score (nSPS) is 20.4. The van der Waals surface area contributed by atoms with Crippen LogP contribution in [0.25, 0.3) is 0 Å². The molecular weight excluding hydrogens is 504 g/mol. The Bertz CT molecular complexity index is 1010. The van der Waals surface area contributed by atoms with Crippen LogP contribution in [0, 0.1) is 5.92 Å². The molecule has 9 heteroatoms. The molecule has 210 valence electrons. The molecule has 1 aromatic rings. The van der Waals surface area contributed by atoms with Crippen molar-refractivity contribution in [1.29, 1.82) is 0 Å². The molecular formula is C29H42N2O6S. The second kappa shape index (κ2) is 12.8. The van der Waals surface area contributed by atoms with Gasteiger partial charge in [0.05, 0.1) is 18.1 Å². The highest BCUT2D eigenvalue weighted by Gasteiger charge is 2.52. The first-order valence-corrected chi connectivity index (χ1v) is 14.0. The van der Waals surface area contributed by atoms with Gasteiger partial charge in [0.25, 0.3) is 0 Å². The van der Waals surface area contributed by atoms with E-state index in [9.17, 15) is 19.2 Å². The van der Waals surface area contributed by atoms with Crippen LogP contribution in [0.4, 0.5) is 9.59 Å². The van der Waals surface area contributed by atoms with Crippen molar-refractivity contribution in [1.82, 2.24) is 9.80 Å². The Morgan fingerprint density at radius 1 is 1.05 bits per heavy atom. The van der Waals surface area contributed by atoms with Crippen molar-refractivity contribution in [2.45, 2.75) is 96.9 Å². The van der Waals surface area contributed by atoms with Crippen LogP contribution in [-0.2, 0) is 24.8 Å². The summed E-state index contributed by atoms with van der Waals surface area (Å²) in [7, 11) is 0. The van der Waals surface area contributed by atoms with Crippen molar-refractivity contribution in [3.05, 3.63) is 48.6 Å². The molecule has 1 fully saturated rings. The summed E-state index contributed by atoms with van der Waals surface area (Å²) in [6.45, 7) is 17.1. The monoisotopic (exact) mass is 546 g/mol. The van der Waals surface area contributed by atoms with E-state index in [0.717, 1.165) is 10.5 Å². The van der Waals surface area contributed by atoms with Crippen LogP contribution in [0.3, 0.4) is 0 Å². The summed E-state index contributed by atoms with van der Waals surface area (Å²) >= 11 is 1.53. The standard InChI is InChI=1S/C29H42N2O6S/c1-10-22-16-23(19(2)32)31(27(35)37-29(7,8)9)25(22)24(18-38-17-21-14-12-11-13-15-21)30(20(3)33)26(34)36-28(4,5)6/h10-15,22-25H,1,16-18H2,2-9H3/t22-,23-,24+,25-/m1/s1. The van der Waals surface area contributed by atoms with Crippen molar-refractivity contribution < 1.29 is 28.7 Å². The molecule has 0 saturated carbocycles. The van der Waals surface area contributed by atoms with E-state index in [1.165, 1.54) is 30.5 Å². The first kappa shape index (κ1) is 31.4. The van der Waals surface area contributed by atoms with E-state index in [0.29, 0.717) is 17.9 Å². The molecule has 1 aliphatic heterocycles. The number of carbonyl (C=O) groups excluding carboxylic acids is 4. The largest absolute Gasteiger partial charge is 0.444 e. The minimum Gasteiger partial charge on any atom is -0.444 e. The van der Waals surface area contributed by atoms with E-state index in [4.69, 9.17) is 9.47 Å². The highest BCUT2D eigenvalue weighted by atomic mass is 32.2. The molecule has 1 saturated heterocycles. The van der Waals surface area contributed by atoms with E-state index in [1.807, 2.05) is 30.3 Å². The first-order valence-electron chi connectivity index (χ1n) is 12.8. The van der Waals surface area contributed by atoms with E-state index in [1.54, 1.807) is 47.6 Å². The number of carbonyl (C=O) groups is 4. The number of benzene rings is 1. The third kappa shape index (κ3) is 8.61. The molecule has 2 rings (SSSR count). The van der Waals surface area contributed by atoms with E-state index in [-0.39, 0.29) is 11.7 Å². The Morgan fingerprint density at radius 3 is 2.11 bits per heavy atom. The number of imide groups is 1. The van der Waals surface area contributed by atoms with Gasteiger partial charge in [-0.25, -0.2) is 14.5 Å². The molecule has 0 unspecified atom stereocenters. The number of likely N-dealkylation sites (tertiary alicyclic amines) is 1. The maximum absolute atomic E-state index is 13.5. The molecule has 0 spiro atoms. The fourth-order valence-electron chi connectivity index (χ4n) is 4.56. The lowest BCUT2D eigenvalue weighted by Gasteiger charge is -2.41. The van der Waals surface area contributed by atoms with Crippen LogP contribution in [0.1, 0.15) is 67.4 Å². The Hall–Kier alpha value is -2.81. The lowest BCUT2D eigenvalue weighted by Crippen LogP contribution is -2.60. The average Bonchev–Trinajstić information content (AvgIpc) is 3.16. The molecule has 38 heavy (non-hydrogen) atoms. The van der Waals surface area contributed by atoms with Crippen LogP contribution in [0.5, 0.6) is 0 Å². The van der Waals surface area contributed by atoms with Crippen molar-refractivity contribution in [3.8, 4) is 0 Å². The number of hydrogen-bond donors (Lipinski definition) is 0. The zero-order chi connectivity index (χ0) is 28.8. The zero-order valence-corrected chi connectivity index (χ0v) is 24.7. The fourth-order valence-corrected chi connectivity index (χ4v) is 5.70. The summed E-state index contributed by atoms with van der Waals surface area (Å²) in [5, 5.41) is 0. The van der Waals surface area contributed by atoms with E-state index >= 15 is 0 Å². The van der Waals surface area contributed by atoms with Gasteiger partial charge in [-0.15, -0.1) is 6.58 Å². The summed E-state index contributed by atoms with van der Waals surface area (Å²) in [5.41, 5.74) is -0.564. The Labute approximate surface area is 231 Å². The number of ketones is 1. The summed E-state index contributed by atoms with van der Waals surface area (Å²) in [4.78, 5) is 55.1. The van der Waals surface area contributed by atoms with E-state index < -0.39 is 47.4 Å². The molecule has 1 aliphatic rings. The maximum Gasteiger partial charge on any atom is 0.417 e. The number of hydrogen-bond acceptors (Lipinski definition) is 7. The second-order valence-electron chi connectivity index (χ2n) is 11.6. The fraction of sp³-hybridized carbons (Fsp3) is 0.586. The lowest BCUT2D eigenvalue weighted by atomic mass is 9.93. The number of nitrogens with zero attached hydrogens (tertiary/aromatic N) is 2. The smallest absolute Gasteiger partial charge is 0.417 e. The van der Waals surface area contributed by atoms with Gasteiger partial charge in [0.1, 0.15) is 11.2 Å². The van der Waals surface area contributed by atoms with Gasteiger partial charge in [-0.2, -0.15) is 11.8 Å². The SMILES string of the molecule is C=C[C@@H]1C[C@H](C(C)=O)N(C(=O)OC(C)(C)C)[C@H]1[C@H](CSCc1ccccc1)N(C(C)=O)C(=O)OC(C)(C)C. The van der Waals surface area contributed by atoms with E-state index in [2.05, 4.69) is 6.58 Å². The number of ether oxygens (including phenoxy) is 2. The van der Waals surface area contributed by atoms with Crippen molar-refractivity contribution in [3.63, 3.8) is 0 Å². The predicted octanol–water partition coefficient (Wildman–Crippen LogP) is 5.84. The molecule has 1 aromatic carbocycles. The van der Waals surface area contributed by atoms with Gasteiger partial charge in [-0.3, -0.25) is 14.5 Å². The molecule has 0 radical (unpaired) electrons. The highest BCUT2D eigenvalue weighted by molar-refractivity contribution is 7.98. The van der Waals surface area contributed by atoms with Crippen LogP contribution < -0.4 is 0 Å². The summed E-state index contributed by atoms with van der Waals surface area (Å²) in [6, 6.07) is 7.54. The quantitative estimate of drug-likeness (QED) is 0.378. The molecule has 3 amide bonds. The Kier molecular flexibility index (Phi) is 10.6. The summed E-state index contributed by atoms with van der Waals surface area (Å²) in [6.07, 6.45) is 0.543. The summed E-state index contributed by atoms with van der Waals surface area (Å²) < 4.78 is 11.3.